The van der Waals surface area contributed by atoms with E-state index in [0.29, 0.717) is 29.2 Å². The number of methoxy groups -OCH3 is 2. The lowest BCUT2D eigenvalue weighted by atomic mass is 9.87. The standard InChI is InChI=1S/C24H24N4O6/c1-4-19(16-8-6-5-7-9-16)24(20-15-18(33-2)11-13-23(20)34-3)26-25-21-12-10-17(27(29)30)14-22(21)28(31)32/h5-15,19,25H,4H2,1-3H3/b26-24+/t19-/m1/s1. The van der Waals surface area contributed by atoms with E-state index in [2.05, 4.69) is 10.5 Å². The summed E-state index contributed by atoms with van der Waals surface area (Å²) in [6, 6.07) is 18.4. The second-order valence-corrected chi connectivity index (χ2v) is 7.26. The van der Waals surface area contributed by atoms with Crippen LogP contribution in [0.3, 0.4) is 0 Å². The number of hydrazone groups is 1. The Morgan fingerprint density at radius 2 is 1.71 bits per heavy atom. The first-order valence-corrected chi connectivity index (χ1v) is 10.4. The number of nitro groups is 2. The minimum absolute atomic E-state index is 0.0258. The molecule has 3 aromatic carbocycles. The van der Waals surface area contributed by atoms with Crippen molar-refractivity contribution in [3.63, 3.8) is 0 Å². The largest absolute Gasteiger partial charge is 0.497 e. The van der Waals surface area contributed by atoms with Crippen LogP contribution in [0.25, 0.3) is 0 Å². The zero-order valence-electron chi connectivity index (χ0n) is 18.9. The summed E-state index contributed by atoms with van der Waals surface area (Å²) < 4.78 is 11.0. The third-order valence-electron chi connectivity index (χ3n) is 5.31. The predicted octanol–water partition coefficient (Wildman–Crippen LogP) is 5.53. The molecule has 0 unspecified atom stereocenters. The van der Waals surface area contributed by atoms with E-state index in [-0.39, 0.29) is 17.3 Å². The molecule has 176 valence electrons. The molecule has 10 nitrogen and oxygen atoms in total. The monoisotopic (exact) mass is 464 g/mol. The highest BCUT2D eigenvalue weighted by molar-refractivity contribution is 6.07. The fourth-order valence-corrected chi connectivity index (χ4v) is 3.61. The Hall–Kier alpha value is -4.47. The summed E-state index contributed by atoms with van der Waals surface area (Å²) in [5.74, 6) is 0.952. The van der Waals surface area contributed by atoms with Crippen LogP contribution >= 0.6 is 0 Å². The van der Waals surface area contributed by atoms with Crippen molar-refractivity contribution in [2.75, 3.05) is 19.6 Å². The van der Waals surface area contributed by atoms with Crippen LogP contribution in [0.2, 0.25) is 0 Å². The molecule has 0 amide bonds. The van der Waals surface area contributed by atoms with E-state index < -0.39 is 15.5 Å². The van der Waals surface area contributed by atoms with Crippen molar-refractivity contribution < 1.29 is 19.3 Å². The van der Waals surface area contributed by atoms with Gasteiger partial charge in [0, 0.05) is 17.5 Å². The van der Waals surface area contributed by atoms with Crippen LogP contribution in [0.15, 0.2) is 71.8 Å². The van der Waals surface area contributed by atoms with E-state index in [0.717, 1.165) is 11.6 Å². The fraction of sp³-hybridized carbons (Fsp3) is 0.208. The average molecular weight is 464 g/mol. The van der Waals surface area contributed by atoms with Gasteiger partial charge in [-0.3, -0.25) is 25.7 Å². The van der Waals surface area contributed by atoms with E-state index >= 15 is 0 Å². The van der Waals surface area contributed by atoms with Crippen LogP contribution < -0.4 is 14.9 Å². The highest BCUT2D eigenvalue weighted by atomic mass is 16.6. The van der Waals surface area contributed by atoms with Crippen molar-refractivity contribution in [2.45, 2.75) is 19.3 Å². The summed E-state index contributed by atoms with van der Waals surface area (Å²) in [5.41, 5.74) is 4.16. The normalized spacial score (nSPS) is 12.0. The summed E-state index contributed by atoms with van der Waals surface area (Å²) in [4.78, 5) is 21.3. The molecule has 3 aromatic rings. The lowest BCUT2D eigenvalue weighted by Crippen LogP contribution is -2.17. The van der Waals surface area contributed by atoms with Gasteiger partial charge in [0.15, 0.2) is 0 Å². The van der Waals surface area contributed by atoms with Crippen LogP contribution in [0.4, 0.5) is 17.1 Å². The van der Waals surface area contributed by atoms with Gasteiger partial charge in [0.1, 0.15) is 17.2 Å². The van der Waals surface area contributed by atoms with Crippen LogP contribution in [0.5, 0.6) is 11.5 Å². The zero-order valence-corrected chi connectivity index (χ0v) is 18.9. The van der Waals surface area contributed by atoms with Gasteiger partial charge in [0.05, 0.1) is 35.8 Å². The fourth-order valence-electron chi connectivity index (χ4n) is 3.61. The van der Waals surface area contributed by atoms with Gasteiger partial charge in [-0.1, -0.05) is 37.3 Å². The third kappa shape index (κ3) is 5.29. The number of nitro benzene ring substituents is 2. The Balaban J connectivity index is 2.17. The molecule has 0 aliphatic rings. The van der Waals surface area contributed by atoms with Gasteiger partial charge in [-0.05, 0) is 36.2 Å². The Morgan fingerprint density at radius 1 is 0.971 bits per heavy atom. The SMILES string of the molecule is CC[C@@H](/C(=N\Nc1ccc([N+](=O)[O-])cc1[N+](=O)[O-])c1cc(OC)ccc1OC)c1ccccc1. The summed E-state index contributed by atoms with van der Waals surface area (Å²) in [5, 5.41) is 27.2. The topological polar surface area (TPSA) is 129 Å². The summed E-state index contributed by atoms with van der Waals surface area (Å²) >= 11 is 0. The number of nitrogens with one attached hydrogen (secondary N) is 1. The molecule has 0 heterocycles. The molecule has 0 aliphatic heterocycles. The number of anilines is 1. The number of non-ortho nitro benzene ring substituents is 1. The second kappa shape index (κ2) is 10.9. The molecular formula is C24H24N4O6. The number of hydrogen-bond acceptors (Lipinski definition) is 8. The van der Waals surface area contributed by atoms with Crippen molar-refractivity contribution in [2.24, 2.45) is 5.10 Å². The second-order valence-electron chi connectivity index (χ2n) is 7.26. The number of rotatable bonds is 10. The van der Waals surface area contributed by atoms with Gasteiger partial charge in [-0.2, -0.15) is 5.10 Å². The molecule has 0 saturated carbocycles. The highest BCUT2D eigenvalue weighted by Gasteiger charge is 2.24. The van der Waals surface area contributed by atoms with Gasteiger partial charge in [0.25, 0.3) is 5.69 Å². The molecule has 0 aliphatic carbocycles. The van der Waals surface area contributed by atoms with Crippen molar-refractivity contribution in [1.29, 1.82) is 0 Å². The molecule has 0 radical (unpaired) electrons. The molecule has 10 heteroatoms. The van der Waals surface area contributed by atoms with E-state index in [1.807, 2.05) is 37.3 Å². The maximum Gasteiger partial charge on any atom is 0.301 e. The van der Waals surface area contributed by atoms with Gasteiger partial charge < -0.3 is 9.47 Å². The van der Waals surface area contributed by atoms with Crippen LogP contribution in [0.1, 0.15) is 30.4 Å². The first-order valence-electron chi connectivity index (χ1n) is 10.4. The Morgan fingerprint density at radius 3 is 2.29 bits per heavy atom. The minimum atomic E-state index is -0.689. The minimum Gasteiger partial charge on any atom is -0.497 e. The maximum absolute atomic E-state index is 11.6. The Kier molecular flexibility index (Phi) is 7.75. The number of benzene rings is 3. The smallest absolute Gasteiger partial charge is 0.301 e. The van der Waals surface area contributed by atoms with E-state index in [4.69, 9.17) is 9.47 Å². The molecule has 0 aromatic heterocycles. The van der Waals surface area contributed by atoms with E-state index in [1.165, 1.54) is 12.1 Å². The Labute approximate surface area is 196 Å². The third-order valence-corrected chi connectivity index (χ3v) is 5.31. The molecule has 0 fully saturated rings. The van der Waals surface area contributed by atoms with Gasteiger partial charge in [-0.25, -0.2) is 0 Å². The summed E-state index contributed by atoms with van der Waals surface area (Å²) in [6.07, 6.45) is 0.674. The lowest BCUT2D eigenvalue weighted by molar-refractivity contribution is -0.393. The van der Waals surface area contributed by atoms with Crippen molar-refractivity contribution in [3.05, 3.63) is 98.1 Å². The predicted molar refractivity (Wildman–Crippen MR) is 129 cm³/mol. The van der Waals surface area contributed by atoms with E-state index in [9.17, 15) is 20.2 Å². The van der Waals surface area contributed by atoms with Crippen molar-refractivity contribution in [1.82, 2.24) is 0 Å². The highest BCUT2D eigenvalue weighted by Crippen LogP contribution is 2.34. The molecule has 34 heavy (non-hydrogen) atoms. The van der Waals surface area contributed by atoms with Crippen molar-refractivity contribution in [3.8, 4) is 11.5 Å². The van der Waals surface area contributed by atoms with Gasteiger partial charge >= 0.3 is 5.69 Å². The van der Waals surface area contributed by atoms with E-state index in [1.54, 1.807) is 32.4 Å². The maximum atomic E-state index is 11.6. The molecule has 0 bridgehead atoms. The molecular weight excluding hydrogens is 440 g/mol. The van der Waals surface area contributed by atoms with Gasteiger partial charge in [0.2, 0.25) is 0 Å². The lowest BCUT2D eigenvalue weighted by Gasteiger charge is -2.21. The first-order chi connectivity index (χ1) is 16.4. The van der Waals surface area contributed by atoms with Gasteiger partial charge in [-0.15, -0.1) is 0 Å². The molecule has 3 rings (SSSR count). The number of ether oxygens (including phenoxy) is 2. The van der Waals surface area contributed by atoms with Crippen LogP contribution in [0, 0.1) is 20.2 Å². The number of nitrogens with zero attached hydrogens (tertiary/aromatic N) is 3. The number of hydrogen-bond donors (Lipinski definition) is 1. The zero-order chi connectivity index (χ0) is 24.7. The molecule has 1 atom stereocenters. The molecule has 1 N–H and O–H groups in total. The average Bonchev–Trinajstić information content (AvgIpc) is 2.86. The molecule has 0 saturated heterocycles. The van der Waals surface area contributed by atoms with Crippen LogP contribution in [-0.2, 0) is 0 Å². The molecule has 0 spiro atoms. The van der Waals surface area contributed by atoms with Crippen molar-refractivity contribution >= 4 is 22.8 Å². The first kappa shape index (κ1) is 24.2. The quantitative estimate of drug-likeness (QED) is 0.237. The summed E-state index contributed by atoms with van der Waals surface area (Å²) in [7, 11) is 3.09. The summed E-state index contributed by atoms with van der Waals surface area (Å²) in [6.45, 7) is 2.01. The van der Waals surface area contributed by atoms with Crippen LogP contribution in [-0.4, -0.2) is 29.8 Å². The Bertz CT molecular complexity index is 1210.